The van der Waals surface area contributed by atoms with Crippen molar-refractivity contribution in [3.05, 3.63) is 84.2 Å². The van der Waals surface area contributed by atoms with Gasteiger partial charge in [-0.1, -0.05) is 24.3 Å². The number of anilines is 2. The second-order valence-corrected chi connectivity index (χ2v) is 6.90. The number of benzene rings is 3. The van der Waals surface area contributed by atoms with E-state index in [0.29, 0.717) is 22.7 Å². The first-order chi connectivity index (χ1) is 16.0. The van der Waals surface area contributed by atoms with Crippen LogP contribution < -0.4 is 15.4 Å². The smallest absolute Gasteiger partial charge is 0.258 e. The zero-order valence-corrected chi connectivity index (χ0v) is 17.5. The Bertz CT molecular complexity index is 1290. The van der Waals surface area contributed by atoms with Crippen LogP contribution >= 0.6 is 0 Å². The number of tetrazole rings is 1. The lowest BCUT2D eigenvalue weighted by atomic mass is 10.1. The molecule has 4 rings (SSSR count). The van der Waals surface area contributed by atoms with Crippen LogP contribution in [0.5, 0.6) is 5.75 Å². The van der Waals surface area contributed by atoms with Gasteiger partial charge in [0, 0.05) is 11.3 Å². The Labute approximate surface area is 188 Å². The molecule has 1 aromatic heterocycles. The number of aromatic nitrogens is 4. The number of hydrogen-bond donors (Lipinski definition) is 2. The van der Waals surface area contributed by atoms with Crippen molar-refractivity contribution in [2.75, 3.05) is 17.7 Å². The Morgan fingerprint density at radius 1 is 0.970 bits per heavy atom. The van der Waals surface area contributed by atoms with Gasteiger partial charge in [-0.15, -0.1) is 10.2 Å². The van der Waals surface area contributed by atoms with E-state index in [1.165, 1.54) is 18.2 Å². The van der Waals surface area contributed by atoms with Gasteiger partial charge < -0.3 is 15.4 Å². The number of para-hydroxylation sites is 1. The van der Waals surface area contributed by atoms with E-state index in [1.54, 1.807) is 61.7 Å². The van der Waals surface area contributed by atoms with Crippen LogP contribution in [0.3, 0.4) is 0 Å². The van der Waals surface area contributed by atoms with E-state index in [2.05, 4.69) is 26.0 Å². The topological polar surface area (TPSA) is 111 Å². The molecule has 0 spiro atoms. The Kier molecular flexibility index (Phi) is 6.35. The average Bonchev–Trinajstić information content (AvgIpc) is 3.28. The molecule has 0 atom stereocenters. The maximum Gasteiger partial charge on any atom is 0.258 e. The van der Waals surface area contributed by atoms with Crippen LogP contribution in [0.4, 0.5) is 15.8 Å². The SMILES string of the molecule is COc1ccc(NC(=O)Cn2nnc(-c3ccccc3NC(=O)c3ccccc3F)n2)cc1. The molecule has 3 aromatic carbocycles. The summed E-state index contributed by atoms with van der Waals surface area (Å²) >= 11 is 0. The van der Waals surface area contributed by atoms with Gasteiger partial charge in [0.15, 0.2) is 0 Å². The molecule has 9 nitrogen and oxygen atoms in total. The summed E-state index contributed by atoms with van der Waals surface area (Å²) in [5.74, 6) is -0.690. The van der Waals surface area contributed by atoms with Crippen molar-refractivity contribution in [1.82, 2.24) is 20.2 Å². The van der Waals surface area contributed by atoms with Crippen LogP contribution in [0, 0.1) is 5.82 Å². The van der Waals surface area contributed by atoms with Crippen LogP contribution in [-0.2, 0) is 11.3 Å². The van der Waals surface area contributed by atoms with Crippen LogP contribution in [0.15, 0.2) is 72.8 Å². The van der Waals surface area contributed by atoms with E-state index in [-0.39, 0.29) is 23.8 Å². The molecule has 2 N–H and O–H groups in total. The number of hydrogen-bond acceptors (Lipinski definition) is 6. The largest absolute Gasteiger partial charge is 0.497 e. The average molecular weight is 446 g/mol. The number of ether oxygens (including phenoxy) is 1. The second kappa shape index (κ2) is 9.69. The van der Waals surface area contributed by atoms with Crippen LogP contribution in [0.2, 0.25) is 0 Å². The van der Waals surface area contributed by atoms with E-state index < -0.39 is 11.7 Å². The summed E-state index contributed by atoms with van der Waals surface area (Å²) < 4.78 is 19.0. The fourth-order valence-electron chi connectivity index (χ4n) is 3.04. The molecule has 166 valence electrons. The predicted octanol–water partition coefficient (Wildman–Crippen LogP) is 3.38. The summed E-state index contributed by atoms with van der Waals surface area (Å²) in [5.41, 5.74) is 1.37. The highest BCUT2D eigenvalue weighted by Crippen LogP contribution is 2.25. The second-order valence-electron chi connectivity index (χ2n) is 6.90. The number of nitrogens with one attached hydrogen (secondary N) is 2. The number of rotatable bonds is 7. The fraction of sp³-hybridized carbons (Fsp3) is 0.0870. The lowest BCUT2D eigenvalue weighted by Gasteiger charge is -2.09. The highest BCUT2D eigenvalue weighted by Gasteiger charge is 2.16. The van der Waals surface area contributed by atoms with Crippen molar-refractivity contribution in [2.45, 2.75) is 6.54 Å². The monoisotopic (exact) mass is 446 g/mol. The van der Waals surface area contributed by atoms with Crippen molar-refractivity contribution in [2.24, 2.45) is 0 Å². The lowest BCUT2D eigenvalue weighted by Crippen LogP contribution is -2.20. The summed E-state index contributed by atoms with van der Waals surface area (Å²) in [6.45, 7) is -0.164. The van der Waals surface area contributed by atoms with E-state index in [9.17, 15) is 14.0 Å². The Morgan fingerprint density at radius 3 is 2.45 bits per heavy atom. The Morgan fingerprint density at radius 2 is 1.70 bits per heavy atom. The van der Waals surface area contributed by atoms with E-state index in [1.807, 2.05) is 0 Å². The summed E-state index contributed by atoms with van der Waals surface area (Å²) in [6, 6.07) is 19.4. The van der Waals surface area contributed by atoms with Crippen molar-refractivity contribution in [3.8, 4) is 17.1 Å². The Balaban J connectivity index is 1.46. The molecule has 0 aliphatic carbocycles. The normalized spacial score (nSPS) is 10.5. The van der Waals surface area contributed by atoms with Gasteiger partial charge in [-0.2, -0.15) is 4.80 Å². The molecule has 1 heterocycles. The van der Waals surface area contributed by atoms with Gasteiger partial charge in [-0.3, -0.25) is 9.59 Å². The first-order valence-corrected chi connectivity index (χ1v) is 9.90. The minimum atomic E-state index is -0.626. The number of carbonyl (C=O) groups excluding carboxylic acids is 2. The maximum atomic E-state index is 13.9. The van der Waals surface area contributed by atoms with Gasteiger partial charge in [-0.05, 0) is 53.7 Å². The van der Waals surface area contributed by atoms with Gasteiger partial charge in [0.05, 0.1) is 18.4 Å². The van der Waals surface area contributed by atoms with Gasteiger partial charge in [0.25, 0.3) is 5.91 Å². The molecule has 0 fully saturated rings. The quantitative estimate of drug-likeness (QED) is 0.450. The van der Waals surface area contributed by atoms with Crippen LogP contribution in [0.25, 0.3) is 11.4 Å². The first-order valence-electron chi connectivity index (χ1n) is 9.90. The van der Waals surface area contributed by atoms with Crippen molar-refractivity contribution < 1.29 is 18.7 Å². The zero-order chi connectivity index (χ0) is 23.2. The molecule has 0 aliphatic heterocycles. The van der Waals surface area contributed by atoms with Crippen molar-refractivity contribution in [1.29, 1.82) is 0 Å². The molecule has 33 heavy (non-hydrogen) atoms. The summed E-state index contributed by atoms with van der Waals surface area (Å²) in [5, 5.41) is 17.5. The zero-order valence-electron chi connectivity index (χ0n) is 17.5. The van der Waals surface area contributed by atoms with Crippen LogP contribution in [-0.4, -0.2) is 39.1 Å². The predicted molar refractivity (Wildman–Crippen MR) is 119 cm³/mol. The molecule has 0 unspecified atom stereocenters. The first kappa shape index (κ1) is 21.6. The molecular weight excluding hydrogens is 427 g/mol. The van der Waals surface area contributed by atoms with Gasteiger partial charge >= 0.3 is 0 Å². The third kappa shape index (κ3) is 5.18. The molecule has 2 amide bonds. The highest BCUT2D eigenvalue weighted by molar-refractivity contribution is 6.06. The minimum absolute atomic E-state index is 0.0841. The van der Waals surface area contributed by atoms with Crippen molar-refractivity contribution >= 4 is 23.2 Å². The van der Waals surface area contributed by atoms with Gasteiger partial charge in [0.2, 0.25) is 11.7 Å². The molecule has 0 saturated carbocycles. The third-order valence-electron chi connectivity index (χ3n) is 4.65. The molecule has 0 radical (unpaired) electrons. The standard InChI is InChI=1S/C23H19FN6O3/c1-33-16-12-10-15(11-13-16)25-21(31)14-30-28-22(27-29-30)18-7-3-5-9-20(18)26-23(32)17-6-2-4-8-19(17)24/h2-13H,14H2,1H3,(H,25,31)(H,26,32). The number of amides is 2. The molecule has 0 aliphatic rings. The summed E-state index contributed by atoms with van der Waals surface area (Å²) in [4.78, 5) is 26.0. The summed E-state index contributed by atoms with van der Waals surface area (Å²) in [6.07, 6.45) is 0. The van der Waals surface area contributed by atoms with Crippen LogP contribution in [0.1, 0.15) is 10.4 Å². The highest BCUT2D eigenvalue weighted by atomic mass is 19.1. The fourth-order valence-corrected chi connectivity index (χ4v) is 3.04. The molecular formula is C23H19FN6O3. The van der Waals surface area contributed by atoms with Gasteiger partial charge in [0.1, 0.15) is 18.1 Å². The maximum absolute atomic E-state index is 13.9. The van der Waals surface area contributed by atoms with E-state index in [0.717, 1.165) is 4.80 Å². The molecule has 10 heteroatoms. The number of halogens is 1. The number of methoxy groups -OCH3 is 1. The Hall–Kier alpha value is -4.60. The summed E-state index contributed by atoms with van der Waals surface area (Å²) in [7, 11) is 1.56. The third-order valence-corrected chi connectivity index (χ3v) is 4.65. The van der Waals surface area contributed by atoms with Crippen molar-refractivity contribution in [3.63, 3.8) is 0 Å². The molecule has 0 saturated heterocycles. The van der Waals surface area contributed by atoms with E-state index in [4.69, 9.17) is 4.74 Å². The van der Waals surface area contributed by atoms with E-state index >= 15 is 0 Å². The number of nitrogens with zero attached hydrogens (tertiary/aromatic N) is 4. The molecule has 0 bridgehead atoms. The lowest BCUT2D eigenvalue weighted by molar-refractivity contribution is -0.117. The minimum Gasteiger partial charge on any atom is -0.497 e. The molecule has 4 aromatic rings. The van der Waals surface area contributed by atoms with Gasteiger partial charge in [-0.25, -0.2) is 4.39 Å². The number of carbonyl (C=O) groups is 2.